The van der Waals surface area contributed by atoms with Crippen molar-refractivity contribution in [3.05, 3.63) is 56.8 Å². The zero-order valence-corrected chi connectivity index (χ0v) is 25.7. The number of morpholine rings is 1. The number of nitrogens with one attached hydrogen (secondary N) is 3. The Morgan fingerprint density at radius 3 is 2.52 bits per heavy atom. The van der Waals surface area contributed by atoms with Crippen LogP contribution in [0.1, 0.15) is 70.1 Å². The van der Waals surface area contributed by atoms with Gasteiger partial charge in [0, 0.05) is 32.2 Å². The van der Waals surface area contributed by atoms with E-state index >= 15 is 0 Å². The Balaban J connectivity index is 1.11. The Kier molecular flexibility index (Phi) is 8.22. The molecule has 0 saturated carbocycles. The van der Waals surface area contributed by atoms with Crippen molar-refractivity contribution in [2.75, 3.05) is 44.7 Å². The largest absolute Gasteiger partial charge is 0.444 e. The lowest BCUT2D eigenvalue weighted by Gasteiger charge is -2.33. The fourth-order valence-electron chi connectivity index (χ4n) is 5.62. The third-order valence-electron chi connectivity index (χ3n) is 7.73. The second kappa shape index (κ2) is 12.1. The van der Waals surface area contributed by atoms with Gasteiger partial charge in [0.25, 0.3) is 5.91 Å². The van der Waals surface area contributed by atoms with E-state index in [9.17, 15) is 19.2 Å². The molecule has 14 heteroatoms. The van der Waals surface area contributed by atoms with E-state index < -0.39 is 17.7 Å². The van der Waals surface area contributed by atoms with E-state index in [4.69, 9.17) is 9.47 Å². The molecule has 1 aromatic heterocycles. The average Bonchev–Trinajstić information content (AvgIpc) is 3.70. The van der Waals surface area contributed by atoms with Crippen LogP contribution in [0, 0.1) is 0 Å². The SMILES string of the molecule is CC(C)(C)OC(=O)N1CCC(NC(=O)c2ccc(C3=C4C(=O)c5c(NC(=O)NN6CCOCC6)cccc5C4N=N3)s2)CC1. The number of carbonyl (C=O) groups excluding carboxylic acids is 4. The van der Waals surface area contributed by atoms with Gasteiger partial charge in [0.15, 0.2) is 5.78 Å². The number of urea groups is 1. The molecule has 232 valence electrons. The van der Waals surface area contributed by atoms with Gasteiger partial charge in [0.05, 0.1) is 39.8 Å². The lowest BCUT2D eigenvalue weighted by Crippen LogP contribution is -2.49. The quantitative estimate of drug-likeness (QED) is 0.448. The first-order valence-corrected chi connectivity index (χ1v) is 15.5. The number of ketones is 1. The highest BCUT2D eigenvalue weighted by atomic mass is 32.1. The van der Waals surface area contributed by atoms with Crippen LogP contribution in [0.2, 0.25) is 0 Å². The number of amides is 4. The minimum atomic E-state index is -0.564. The average molecular weight is 622 g/mol. The monoisotopic (exact) mass is 621 g/mol. The molecule has 13 nitrogen and oxygen atoms in total. The number of likely N-dealkylation sites (tertiary alicyclic amines) is 1. The smallest absolute Gasteiger partial charge is 0.410 e. The van der Waals surface area contributed by atoms with E-state index in [-0.39, 0.29) is 23.8 Å². The Bertz CT molecular complexity index is 1550. The maximum absolute atomic E-state index is 13.7. The zero-order valence-electron chi connectivity index (χ0n) is 24.8. The number of hydrazine groups is 1. The highest BCUT2D eigenvalue weighted by molar-refractivity contribution is 7.15. The summed E-state index contributed by atoms with van der Waals surface area (Å²) in [6.45, 7) is 8.72. The summed E-state index contributed by atoms with van der Waals surface area (Å²) in [5.74, 6) is -0.462. The van der Waals surface area contributed by atoms with Crippen molar-refractivity contribution in [3.63, 3.8) is 0 Å². The topological polar surface area (TPSA) is 154 Å². The van der Waals surface area contributed by atoms with Gasteiger partial charge in [-0.15, -0.1) is 11.3 Å². The molecule has 44 heavy (non-hydrogen) atoms. The van der Waals surface area contributed by atoms with Crippen molar-refractivity contribution in [2.45, 2.75) is 51.3 Å². The predicted molar refractivity (Wildman–Crippen MR) is 162 cm³/mol. The third kappa shape index (κ3) is 6.23. The molecule has 0 spiro atoms. The first-order chi connectivity index (χ1) is 21.1. The number of hydrogen-bond acceptors (Lipinski definition) is 10. The molecule has 6 rings (SSSR count). The first kappa shape index (κ1) is 29.9. The van der Waals surface area contributed by atoms with Gasteiger partial charge in [-0.25, -0.2) is 14.6 Å². The number of hydrogen-bond donors (Lipinski definition) is 3. The van der Waals surface area contributed by atoms with Crippen LogP contribution in [0.3, 0.4) is 0 Å². The summed E-state index contributed by atoms with van der Waals surface area (Å²) in [4.78, 5) is 54.7. The highest BCUT2D eigenvalue weighted by Crippen LogP contribution is 2.49. The van der Waals surface area contributed by atoms with E-state index in [2.05, 4.69) is 26.3 Å². The number of ether oxygens (including phenoxy) is 2. The van der Waals surface area contributed by atoms with E-state index in [0.717, 1.165) is 0 Å². The Morgan fingerprint density at radius 1 is 1.05 bits per heavy atom. The van der Waals surface area contributed by atoms with Crippen LogP contribution in [0.15, 0.2) is 46.1 Å². The molecule has 4 aliphatic rings. The van der Waals surface area contributed by atoms with Crippen LogP contribution in [-0.2, 0) is 9.47 Å². The summed E-state index contributed by atoms with van der Waals surface area (Å²) in [6.07, 6.45) is 0.913. The number of azo groups is 1. The Hall–Kier alpha value is -4.14. The van der Waals surface area contributed by atoms with E-state index in [1.807, 2.05) is 26.8 Å². The van der Waals surface area contributed by atoms with E-state index in [1.54, 1.807) is 34.2 Å². The summed E-state index contributed by atoms with van der Waals surface area (Å²) < 4.78 is 10.8. The molecule has 1 atom stereocenters. The molecule has 4 heterocycles. The summed E-state index contributed by atoms with van der Waals surface area (Å²) in [5, 5.41) is 16.4. The third-order valence-corrected chi connectivity index (χ3v) is 8.82. The summed E-state index contributed by atoms with van der Waals surface area (Å²) in [5.41, 5.74) is 4.59. The number of thiophene rings is 1. The van der Waals surface area contributed by atoms with Crippen LogP contribution < -0.4 is 16.1 Å². The summed E-state index contributed by atoms with van der Waals surface area (Å²) in [7, 11) is 0. The lowest BCUT2D eigenvalue weighted by atomic mass is 10.1. The van der Waals surface area contributed by atoms with Crippen molar-refractivity contribution in [2.24, 2.45) is 10.2 Å². The number of benzene rings is 1. The lowest BCUT2D eigenvalue weighted by molar-refractivity contribution is 0.0197. The molecule has 1 unspecified atom stereocenters. The fraction of sp³-hybridized carbons (Fsp3) is 0.467. The molecule has 2 fully saturated rings. The van der Waals surface area contributed by atoms with Crippen LogP contribution >= 0.6 is 11.3 Å². The van der Waals surface area contributed by atoms with Crippen LogP contribution in [-0.4, -0.2) is 84.8 Å². The molecule has 3 aliphatic heterocycles. The minimum Gasteiger partial charge on any atom is -0.444 e. The molecule has 2 saturated heterocycles. The number of fused-ring (bicyclic) bond motifs is 3. The van der Waals surface area contributed by atoms with Gasteiger partial charge in [-0.1, -0.05) is 12.1 Å². The zero-order chi connectivity index (χ0) is 31.0. The fourth-order valence-corrected chi connectivity index (χ4v) is 6.53. The van der Waals surface area contributed by atoms with Crippen molar-refractivity contribution in [1.82, 2.24) is 20.7 Å². The number of Topliss-reactive ketones (excluding diaryl/α,β-unsaturated/α-hetero) is 1. The number of rotatable bonds is 5. The molecule has 0 bridgehead atoms. The summed E-state index contributed by atoms with van der Waals surface area (Å²) in [6, 6.07) is 7.71. The molecule has 3 N–H and O–H groups in total. The van der Waals surface area contributed by atoms with Gasteiger partial charge in [-0.3, -0.25) is 15.0 Å². The normalized spacial score (nSPS) is 20.4. The maximum atomic E-state index is 13.7. The molecule has 0 radical (unpaired) electrons. The molecule has 1 aliphatic carbocycles. The highest BCUT2D eigenvalue weighted by Gasteiger charge is 2.43. The number of nitrogens with zero attached hydrogens (tertiary/aromatic N) is 4. The molecule has 1 aromatic carbocycles. The minimum absolute atomic E-state index is 0.0680. The van der Waals surface area contributed by atoms with Crippen molar-refractivity contribution < 1.29 is 28.7 Å². The van der Waals surface area contributed by atoms with Gasteiger partial charge in [0.1, 0.15) is 17.3 Å². The van der Waals surface area contributed by atoms with Crippen LogP contribution in [0.5, 0.6) is 0 Å². The summed E-state index contributed by atoms with van der Waals surface area (Å²) >= 11 is 1.25. The van der Waals surface area contributed by atoms with Gasteiger partial charge in [-0.2, -0.15) is 10.2 Å². The van der Waals surface area contributed by atoms with E-state index in [1.165, 1.54) is 11.3 Å². The standard InChI is InChI=1S/C30H35N7O6S/c1-30(2,3)43-29(41)36-11-9-17(10-12-36)31-27(39)21-8-7-20(44-21)25-23-24(33-34-25)18-5-4-6-19(22(18)26(23)38)32-28(40)35-37-13-15-42-16-14-37/h4-8,17,24H,9-16H2,1-3H3,(H,31,39)(H2,32,35,40). The van der Waals surface area contributed by atoms with Crippen molar-refractivity contribution in [1.29, 1.82) is 0 Å². The van der Waals surface area contributed by atoms with Crippen molar-refractivity contribution >= 4 is 46.5 Å². The second-order valence-electron chi connectivity index (χ2n) is 12.0. The Morgan fingerprint density at radius 2 is 1.80 bits per heavy atom. The molecular weight excluding hydrogens is 586 g/mol. The first-order valence-electron chi connectivity index (χ1n) is 14.7. The van der Waals surface area contributed by atoms with Crippen molar-refractivity contribution in [3.8, 4) is 0 Å². The molecule has 2 aromatic rings. The number of piperidine rings is 1. The van der Waals surface area contributed by atoms with Crippen LogP contribution in [0.4, 0.5) is 15.3 Å². The molecular formula is C30H35N7O6S. The second-order valence-corrected chi connectivity index (χ2v) is 13.1. The van der Waals surface area contributed by atoms with Gasteiger partial charge in [-0.05, 0) is 57.4 Å². The molecule has 4 amide bonds. The van der Waals surface area contributed by atoms with Crippen LogP contribution in [0.25, 0.3) is 5.70 Å². The number of carbonyl (C=O) groups is 4. The Labute approximate surface area is 258 Å². The van der Waals surface area contributed by atoms with Gasteiger partial charge in [0.2, 0.25) is 0 Å². The number of anilines is 1. The predicted octanol–water partition coefficient (Wildman–Crippen LogP) is 4.36. The van der Waals surface area contributed by atoms with E-state index in [0.29, 0.717) is 90.1 Å². The van der Waals surface area contributed by atoms with Gasteiger partial charge >= 0.3 is 12.1 Å². The van der Waals surface area contributed by atoms with Gasteiger partial charge < -0.3 is 25.0 Å². The maximum Gasteiger partial charge on any atom is 0.410 e.